The summed E-state index contributed by atoms with van der Waals surface area (Å²) in [6, 6.07) is 43.2. The van der Waals surface area contributed by atoms with Crippen LogP contribution in [0.2, 0.25) is 0 Å². The Morgan fingerprint density at radius 3 is 1.84 bits per heavy atom. The molecule has 5 aromatic carbocycles. The molecule has 2 fully saturated rings. The van der Waals surface area contributed by atoms with Crippen molar-refractivity contribution in [3.05, 3.63) is 192 Å². The molecule has 80 heavy (non-hydrogen) atoms. The van der Waals surface area contributed by atoms with Gasteiger partial charge in [-0.1, -0.05) is 127 Å². The van der Waals surface area contributed by atoms with Crippen LogP contribution in [0.3, 0.4) is 0 Å². The number of methoxy groups -OCH3 is 1. The number of aliphatic hydroxyl groups excluding tert-OH is 2. The Kier molecular flexibility index (Phi) is 20.3. The van der Waals surface area contributed by atoms with Crippen LogP contribution < -0.4 is 16.0 Å². The van der Waals surface area contributed by atoms with E-state index >= 15 is 0 Å². The van der Waals surface area contributed by atoms with Crippen molar-refractivity contribution in [2.24, 2.45) is 17.6 Å². The van der Waals surface area contributed by atoms with Gasteiger partial charge >= 0.3 is 18.0 Å². The van der Waals surface area contributed by atoms with Gasteiger partial charge in [-0.05, 0) is 53.8 Å². The van der Waals surface area contributed by atoms with E-state index in [1.54, 1.807) is 65.2 Å². The number of amides is 1. The number of benzene rings is 5. The fraction of sp³-hybridized carbons (Fsp3) is 0.333. The molecule has 418 valence electrons. The van der Waals surface area contributed by atoms with Crippen molar-refractivity contribution in [3.63, 3.8) is 0 Å². The quantitative estimate of drug-likeness (QED) is 0.0459. The number of hydrogen-bond donors (Lipinski definition) is 4. The number of esters is 2. The first-order valence-corrected chi connectivity index (χ1v) is 26.1. The number of carbonyl (C=O) groups excluding carboxylic acids is 5. The molecule has 0 bridgehead atoms. The van der Waals surface area contributed by atoms with Crippen molar-refractivity contribution in [1.29, 1.82) is 0 Å². The number of aromatic nitrogens is 4. The molecular weight excluding hydrogens is 1030 g/mol. The number of ether oxygens (including phenoxy) is 6. The van der Waals surface area contributed by atoms with E-state index in [-0.39, 0.29) is 50.6 Å². The predicted octanol–water partition coefficient (Wildman–Crippen LogP) is 5.84. The van der Waals surface area contributed by atoms with E-state index in [0.29, 0.717) is 34.5 Å². The van der Waals surface area contributed by atoms with E-state index in [0.717, 1.165) is 16.7 Å². The third kappa shape index (κ3) is 14.9. The molecule has 2 unspecified atom stereocenters. The van der Waals surface area contributed by atoms with Gasteiger partial charge in [-0.2, -0.15) is 0 Å². The van der Waals surface area contributed by atoms with E-state index in [2.05, 4.69) is 20.3 Å². The summed E-state index contributed by atoms with van der Waals surface area (Å²) in [7, 11) is 5.10. The summed E-state index contributed by atoms with van der Waals surface area (Å²) >= 11 is 0. The van der Waals surface area contributed by atoms with E-state index in [1.165, 1.54) is 19.8 Å². The van der Waals surface area contributed by atoms with Crippen LogP contribution in [0.25, 0.3) is 11.2 Å². The minimum absolute atomic E-state index is 0.00144. The van der Waals surface area contributed by atoms with Gasteiger partial charge in [0.2, 0.25) is 0 Å². The number of aliphatic hydroxyl groups is 2. The molecule has 0 radical (unpaired) electrons. The Labute approximate surface area is 462 Å². The summed E-state index contributed by atoms with van der Waals surface area (Å²) in [5.41, 5.74) is 10.4. The van der Waals surface area contributed by atoms with Crippen LogP contribution in [0.5, 0.6) is 0 Å². The maximum atomic E-state index is 14.1. The smallest absolute Gasteiger partial charge is 0.408 e. The lowest BCUT2D eigenvalue weighted by molar-refractivity contribution is -0.155. The third-order valence-corrected chi connectivity index (χ3v) is 13.9. The Hall–Kier alpha value is -8.24. The molecule has 0 aliphatic carbocycles. The van der Waals surface area contributed by atoms with Crippen molar-refractivity contribution in [2.45, 2.75) is 81.3 Å². The summed E-state index contributed by atoms with van der Waals surface area (Å²) in [5, 5.41) is 23.6. The maximum Gasteiger partial charge on any atom is 0.408 e. The van der Waals surface area contributed by atoms with Gasteiger partial charge in [-0.15, -0.1) is 0 Å². The molecule has 0 spiro atoms. The minimum atomic E-state index is -1.05. The number of anilines is 1. The molecule has 4 heterocycles. The minimum Gasteiger partial charge on any atom is -0.459 e. The lowest BCUT2D eigenvalue weighted by Crippen LogP contribution is -2.45. The van der Waals surface area contributed by atoms with Gasteiger partial charge in [-0.25, -0.2) is 29.3 Å². The number of ketones is 2. The zero-order valence-corrected chi connectivity index (χ0v) is 44.5. The van der Waals surface area contributed by atoms with Gasteiger partial charge in [0.25, 0.3) is 0 Å². The van der Waals surface area contributed by atoms with Crippen LogP contribution in [0.1, 0.15) is 56.5 Å². The highest BCUT2D eigenvalue weighted by atomic mass is 16.7. The number of carbonyl (C=O) groups is 5. The molecule has 2 saturated heterocycles. The van der Waals surface area contributed by atoms with Crippen molar-refractivity contribution in [2.75, 3.05) is 39.3 Å². The fourth-order valence-corrected chi connectivity index (χ4v) is 9.64. The monoisotopic (exact) mass is 1090 g/mol. The summed E-state index contributed by atoms with van der Waals surface area (Å²) in [6.07, 6.45) is -2.97. The number of nitrogens with zero attached hydrogens (tertiary/aromatic N) is 5. The second-order valence-electron chi connectivity index (χ2n) is 19.5. The lowest BCUT2D eigenvalue weighted by atomic mass is 9.88. The Morgan fingerprint density at radius 1 is 0.688 bits per heavy atom. The number of alkyl carbamates (subject to hydrolysis) is 1. The molecule has 20 heteroatoms. The fourth-order valence-electron chi connectivity index (χ4n) is 9.64. The van der Waals surface area contributed by atoms with Gasteiger partial charge in [0.05, 0.1) is 42.2 Å². The molecule has 1 amide bonds. The largest absolute Gasteiger partial charge is 0.459 e. The summed E-state index contributed by atoms with van der Waals surface area (Å²) < 4.78 is 36.1. The van der Waals surface area contributed by atoms with Crippen molar-refractivity contribution in [3.8, 4) is 0 Å². The van der Waals surface area contributed by atoms with Crippen LogP contribution in [0.4, 0.5) is 10.6 Å². The lowest BCUT2D eigenvalue weighted by Gasteiger charge is -2.25. The second-order valence-corrected chi connectivity index (χ2v) is 19.5. The molecular formula is C60H65N7O13. The molecule has 0 saturated carbocycles. The van der Waals surface area contributed by atoms with E-state index in [9.17, 15) is 34.2 Å². The number of Topliss-reactive ketones (excluding diaryl/α,β-unsaturated/α-hetero) is 2. The number of fused-ring (bicyclic) bond motifs is 1. The number of nitrogens with two attached hydrogens (primary N) is 1. The van der Waals surface area contributed by atoms with Crippen molar-refractivity contribution >= 4 is 46.6 Å². The first-order valence-electron chi connectivity index (χ1n) is 26.1. The zero-order valence-electron chi connectivity index (χ0n) is 44.5. The molecule has 10 atom stereocenters. The average Bonchev–Trinajstić information content (AvgIpc) is 4.21. The van der Waals surface area contributed by atoms with Gasteiger partial charge in [0.15, 0.2) is 41.4 Å². The summed E-state index contributed by atoms with van der Waals surface area (Å²) in [4.78, 5) is 80.6. The second kappa shape index (κ2) is 28.1. The highest BCUT2D eigenvalue weighted by molar-refractivity contribution is 5.91. The van der Waals surface area contributed by atoms with E-state index in [1.807, 2.05) is 110 Å². The van der Waals surface area contributed by atoms with E-state index < -0.39 is 78.9 Å². The third-order valence-electron chi connectivity index (χ3n) is 13.9. The van der Waals surface area contributed by atoms with Gasteiger partial charge < -0.3 is 54.6 Å². The number of imidazole rings is 1. The number of hydrogen-bond acceptors (Lipinski definition) is 18. The van der Waals surface area contributed by atoms with Gasteiger partial charge in [-0.3, -0.25) is 14.2 Å². The molecule has 2 aliphatic rings. The Morgan fingerprint density at radius 2 is 1.25 bits per heavy atom. The van der Waals surface area contributed by atoms with Crippen molar-refractivity contribution in [1.82, 2.24) is 24.8 Å². The molecule has 9 rings (SSSR count). The van der Waals surface area contributed by atoms with Crippen LogP contribution in [0, 0.1) is 11.8 Å². The van der Waals surface area contributed by atoms with Crippen LogP contribution in [0.15, 0.2) is 164 Å². The number of rotatable bonds is 22. The first-order chi connectivity index (χ1) is 38.8. The standard InChI is InChI=1S/C38H37NO9.C22H28N6O4/c1-44-37-34(48-36(42)29-20-12-5-13-21-29)30(33(47-37)25-45-35(41)28-18-10-4-11-19-28)23-32(40)31(22-26-14-6-2-7-15-26)39-38(43)46-24-27-16-8-3-9-17-27;1-27(2)20-18-21(25-11-24-20)28(12-26-18)22-19(31)14(17(10-29)32-22)9-16(30)15(23)8-13-6-4-3-5-7-13/h2-21,30-31,33-34,37H,22-25H2,1H3,(H,39,43);3-7,11-12,14-15,17,19,22,29,31H,8-10,23H2,1-2H3/t30-,31-,33+,34?,37+;14-,15-,17+,19?,22+/m00/s1. The summed E-state index contributed by atoms with van der Waals surface area (Å²) in [6.45, 7) is -0.540. The SMILES string of the molecule is CN(C)c1ncnc2c1ncn2[C@@H]1O[C@H](CO)[C@H](CC(=O)[C@@H](N)Cc2ccccc2)C1O.CO[C@@H]1O[C@H](COC(=O)c2ccccc2)[C@H](CC(=O)[C@H](Cc2ccccc2)NC(=O)OCc2ccccc2)C1OC(=O)c1ccccc1. The maximum absolute atomic E-state index is 14.1. The average molecular weight is 1090 g/mol. The Balaban J connectivity index is 0.000000228. The zero-order chi connectivity index (χ0) is 56.5. The molecule has 5 N–H and O–H groups in total. The molecule has 2 aliphatic heterocycles. The molecule has 7 aromatic rings. The molecule has 2 aromatic heterocycles. The van der Waals surface area contributed by atoms with Crippen LogP contribution in [-0.4, -0.2) is 137 Å². The van der Waals surface area contributed by atoms with Crippen molar-refractivity contribution < 1.29 is 62.6 Å². The van der Waals surface area contributed by atoms with Crippen LogP contribution >= 0.6 is 0 Å². The highest BCUT2D eigenvalue weighted by Crippen LogP contribution is 2.39. The summed E-state index contributed by atoms with van der Waals surface area (Å²) in [5.74, 6) is -2.51. The van der Waals surface area contributed by atoms with Crippen LogP contribution in [-0.2, 0) is 57.5 Å². The first kappa shape index (κ1) is 57.9. The normalized spacial score (nSPS) is 21.1. The van der Waals surface area contributed by atoms with Gasteiger partial charge in [0, 0.05) is 45.9 Å². The highest BCUT2D eigenvalue weighted by Gasteiger charge is 2.50. The molecule has 20 nitrogen and oxygen atoms in total. The predicted molar refractivity (Wildman–Crippen MR) is 293 cm³/mol. The topological polar surface area (TPSA) is 266 Å². The number of nitrogens with one attached hydrogen (secondary N) is 1. The van der Waals surface area contributed by atoms with Gasteiger partial charge in [0.1, 0.15) is 37.5 Å². The Bertz CT molecular complexity index is 3120. The van der Waals surface area contributed by atoms with E-state index in [4.69, 9.17) is 34.2 Å².